The van der Waals surface area contributed by atoms with Gasteiger partial charge in [0.1, 0.15) is 0 Å². The Balaban J connectivity index is 1.67. The van der Waals surface area contributed by atoms with E-state index in [0.29, 0.717) is 19.1 Å². The Hall–Kier alpha value is -1.39. The first-order valence-electron chi connectivity index (χ1n) is 9.78. The van der Waals surface area contributed by atoms with Crippen molar-refractivity contribution in [1.29, 1.82) is 0 Å². The zero-order valence-electron chi connectivity index (χ0n) is 15.7. The molecule has 3 rings (SSSR count). The van der Waals surface area contributed by atoms with Crippen LogP contribution in [0.1, 0.15) is 56.2 Å². The number of nitrogens with zero attached hydrogens (tertiary/aromatic N) is 2. The predicted molar refractivity (Wildman–Crippen MR) is 100 cm³/mol. The number of hydrogen-bond donors (Lipinski definition) is 1. The summed E-state index contributed by atoms with van der Waals surface area (Å²) >= 11 is 0. The highest BCUT2D eigenvalue weighted by Gasteiger charge is 2.31. The molecule has 0 heterocycles. The van der Waals surface area contributed by atoms with Crippen molar-refractivity contribution in [3.63, 3.8) is 0 Å². The number of carbonyl (C=O) groups is 1. The average molecular weight is 344 g/mol. The zero-order chi connectivity index (χ0) is 17.8. The normalized spacial score (nSPS) is 25.8. The number of amides is 1. The fourth-order valence-electron chi connectivity index (χ4n) is 4.62. The van der Waals surface area contributed by atoms with Crippen molar-refractivity contribution in [3.05, 3.63) is 35.4 Å². The van der Waals surface area contributed by atoms with Gasteiger partial charge in [-0.15, -0.1) is 0 Å². The molecular weight excluding hydrogens is 312 g/mol. The molecule has 0 aliphatic heterocycles. The van der Waals surface area contributed by atoms with E-state index in [9.17, 15) is 9.90 Å². The largest absolute Gasteiger partial charge is 0.395 e. The third-order valence-corrected chi connectivity index (χ3v) is 6.11. The van der Waals surface area contributed by atoms with Crippen LogP contribution in [0.3, 0.4) is 0 Å². The standard InChI is InChI=1S/C21H32N2O2/c1-16-10-11-18(14-16)23(12-13-24)15-21(25)22(2)20-9-5-7-17-6-3-4-8-19(17)20/h3-4,6,8,16,18,20,24H,5,7,9-15H2,1-2H3/t16-,18+,20-/m1/s1. The molecule has 1 N–H and O–H groups in total. The molecule has 138 valence electrons. The molecule has 0 aromatic heterocycles. The monoisotopic (exact) mass is 344 g/mol. The summed E-state index contributed by atoms with van der Waals surface area (Å²) in [6, 6.07) is 9.17. The van der Waals surface area contributed by atoms with Crippen LogP contribution >= 0.6 is 0 Å². The molecular formula is C21H32N2O2. The fourth-order valence-corrected chi connectivity index (χ4v) is 4.62. The van der Waals surface area contributed by atoms with Crippen molar-refractivity contribution in [3.8, 4) is 0 Å². The van der Waals surface area contributed by atoms with Crippen LogP contribution in [0.5, 0.6) is 0 Å². The lowest BCUT2D eigenvalue weighted by Crippen LogP contribution is -2.45. The van der Waals surface area contributed by atoms with Gasteiger partial charge >= 0.3 is 0 Å². The van der Waals surface area contributed by atoms with Crippen molar-refractivity contribution in [2.45, 2.75) is 57.5 Å². The van der Waals surface area contributed by atoms with Gasteiger partial charge in [-0.3, -0.25) is 9.69 Å². The molecule has 2 aliphatic carbocycles. The van der Waals surface area contributed by atoms with Crippen LogP contribution in [0.25, 0.3) is 0 Å². The fraction of sp³-hybridized carbons (Fsp3) is 0.667. The van der Waals surface area contributed by atoms with E-state index >= 15 is 0 Å². The van der Waals surface area contributed by atoms with Gasteiger partial charge in [0.05, 0.1) is 19.2 Å². The molecule has 0 bridgehead atoms. The summed E-state index contributed by atoms with van der Waals surface area (Å²) < 4.78 is 0. The first-order chi connectivity index (χ1) is 12.1. The third-order valence-electron chi connectivity index (χ3n) is 6.11. The summed E-state index contributed by atoms with van der Waals surface area (Å²) in [4.78, 5) is 17.1. The second-order valence-corrected chi connectivity index (χ2v) is 7.88. The van der Waals surface area contributed by atoms with Crippen LogP contribution in [0.4, 0.5) is 0 Å². The number of hydrogen-bond acceptors (Lipinski definition) is 3. The molecule has 3 atom stereocenters. The van der Waals surface area contributed by atoms with Gasteiger partial charge < -0.3 is 10.0 Å². The molecule has 1 saturated carbocycles. The molecule has 0 unspecified atom stereocenters. The SMILES string of the molecule is C[C@@H]1CC[C@H](N(CCO)CC(=O)N(C)[C@@H]2CCCc3ccccc32)C1. The Morgan fingerprint density at radius 3 is 2.76 bits per heavy atom. The number of likely N-dealkylation sites (N-methyl/N-ethyl adjacent to an activating group) is 1. The summed E-state index contributed by atoms with van der Waals surface area (Å²) in [5.41, 5.74) is 2.70. The van der Waals surface area contributed by atoms with Gasteiger partial charge in [0.2, 0.25) is 5.91 Å². The van der Waals surface area contributed by atoms with Crippen molar-refractivity contribution >= 4 is 5.91 Å². The maximum atomic E-state index is 13.0. The highest BCUT2D eigenvalue weighted by Crippen LogP contribution is 2.34. The summed E-state index contributed by atoms with van der Waals surface area (Å²) in [5.74, 6) is 0.902. The van der Waals surface area contributed by atoms with E-state index in [1.54, 1.807) is 0 Å². The lowest BCUT2D eigenvalue weighted by molar-refractivity contribution is -0.134. The van der Waals surface area contributed by atoms with Gasteiger partial charge in [-0.25, -0.2) is 0 Å². The predicted octanol–water partition coefficient (Wildman–Crippen LogP) is 3.01. The van der Waals surface area contributed by atoms with Crippen molar-refractivity contribution in [2.24, 2.45) is 5.92 Å². The Morgan fingerprint density at radius 1 is 1.24 bits per heavy atom. The molecule has 25 heavy (non-hydrogen) atoms. The van der Waals surface area contributed by atoms with Crippen molar-refractivity contribution < 1.29 is 9.90 Å². The van der Waals surface area contributed by atoms with Crippen molar-refractivity contribution in [1.82, 2.24) is 9.80 Å². The minimum absolute atomic E-state index is 0.119. The van der Waals surface area contributed by atoms with Gasteiger partial charge in [0.25, 0.3) is 0 Å². The van der Waals surface area contributed by atoms with Crippen LogP contribution in [0.2, 0.25) is 0 Å². The first-order valence-corrected chi connectivity index (χ1v) is 9.78. The van der Waals surface area contributed by atoms with E-state index in [-0.39, 0.29) is 18.6 Å². The van der Waals surface area contributed by atoms with E-state index in [0.717, 1.165) is 38.0 Å². The Morgan fingerprint density at radius 2 is 2.04 bits per heavy atom. The second-order valence-electron chi connectivity index (χ2n) is 7.88. The molecule has 4 nitrogen and oxygen atoms in total. The smallest absolute Gasteiger partial charge is 0.237 e. The molecule has 1 amide bonds. The number of aliphatic hydroxyl groups excluding tert-OH is 1. The number of rotatable bonds is 6. The van der Waals surface area contributed by atoms with E-state index < -0.39 is 0 Å². The Kier molecular flexibility index (Phi) is 6.13. The molecule has 0 spiro atoms. The molecule has 0 radical (unpaired) electrons. The molecule has 1 fully saturated rings. The molecule has 2 aliphatic rings. The second kappa shape index (κ2) is 8.33. The number of aryl methyl sites for hydroxylation is 1. The van der Waals surface area contributed by atoms with Crippen LogP contribution in [-0.2, 0) is 11.2 Å². The summed E-state index contributed by atoms with van der Waals surface area (Å²) in [7, 11) is 1.95. The van der Waals surface area contributed by atoms with E-state index in [4.69, 9.17) is 0 Å². The minimum Gasteiger partial charge on any atom is -0.395 e. The molecule has 0 saturated heterocycles. The van der Waals surface area contributed by atoms with Crippen LogP contribution in [0.15, 0.2) is 24.3 Å². The van der Waals surface area contributed by atoms with Gasteiger partial charge in [-0.05, 0) is 55.6 Å². The van der Waals surface area contributed by atoms with Gasteiger partial charge in [-0.1, -0.05) is 31.2 Å². The van der Waals surface area contributed by atoms with E-state index in [1.165, 1.54) is 17.5 Å². The summed E-state index contributed by atoms with van der Waals surface area (Å²) in [5, 5.41) is 9.43. The van der Waals surface area contributed by atoms with Crippen LogP contribution < -0.4 is 0 Å². The molecule has 4 heteroatoms. The van der Waals surface area contributed by atoms with E-state index in [2.05, 4.69) is 36.1 Å². The number of aliphatic hydroxyl groups is 1. The van der Waals surface area contributed by atoms with Gasteiger partial charge in [-0.2, -0.15) is 0 Å². The number of benzene rings is 1. The Labute approximate surface area is 151 Å². The quantitative estimate of drug-likeness (QED) is 0.863. The highest BCUT2D eigenvalue weighted by atomic mass is 16.3. The number of carbonyl (C=O) groups excluding carboxylic acids is 1. The molecule has 1 aromatic carbocycles. The number of fused-ring (bicyclic) bond motifs is 1. The van der Waals surface area contributed by atoms with Crippen LogP contribution in [-0.4, -0.2) is 53.6 Å². The maximum absolute atomic E-state index is 13.0. The average Bonchev–Trinajstić information content (AvgIpc) is 3.06. The zero-order valence-corrected chi connectivity index (χ0v) is 15.7. The van der Waals surface area contributed by atoms with E-state index in [1.807, 2.05) is 11.9 Å². The van der Waals surface area contributed by atoms with Crippen LogP contribution in [0, 0.1) is 5.92 Å². The van der Waals surface area contributed by atoms with Crippen molar-refractivity contribution in [2.75, 3.05) is 26.7 Å². The first kappa shape index (κ1) is 18.4. The van der Waals surface area contributed by atoms with Gasteiger partial charge in [0.15, 0.2) is 0 Å². The third kappa shape index (κ3) is 4.24. The maximum Gasteiger partial charge on any atom is 0.237 e. The Bertz CT molecular complexity index is 589. The molecule has 1 aromatic rings. The minimum atomic E-state index is 0.119. The lowest BCUT2D eigenvalue weighted by Gasteiger charge is -2.36. The lowest BCUT2D eigenvalue weighted by atomic mass is 9.87. The van der Waals surface area contributed by atoms with Gasteiger partial charge in [0, 0.05) is 19.6 Å². The summed E-state index contributed by atoms with van der Waals surface area (Å²) in [6.45, 7) is 3.42. The topological polar surface area (TPSA) is 43.8 Å². The summed E-state index contributed by atoms with van der Waals surface area (Å²) in [6.07, 6.45) is 6.81. The highest BCUT2D eigenvalue weighted by molar-refractivity contribution is 5.78.